The largest absolute Gasteiger partial charge is 0.275 e. The van der Waals surface area contributed by atoms with E-state index in [1.54, 1.807) is 57.8 Å². The summed E-state index contributed by atoms with van der Waals surface area (Å²) in [5, 5.41) is 31.0. The Morgan fingerprint density at radius 2 is 0.840 bits per heavy atom. The fourth-order valence-corrected chi connectivity index (χ4v) is 8.20. The van der Waals surface area contributed by atoms with Crippen LogP contribution in [0.4, 0.5) is 8.78 Å². The molecule has 75 heavy (non-hydrogen) atoms. The van der Waals surface area contributed by atoms with E-state index >= 15 is 0 Å². The van der Waals surface area contributed by atoms with Crippen molar-refractivity contribution < 1.29 is 8.78 Å². The van der Waals surface area contributed by atoms with Crippen LogP contribution in [0.2, 0.25) is 15.3 Å². The maximum absolute atomic E-state index is 12.7. The van der Waals surface area contributed by atoms with Crippen molar-refractivity contribution in [2.24, 2.45) is 42.3 Å². The Morgan fingerprint density at radius 3 is 0.933 bits per heavy atom. The topological polar surface area (TPSA) is 158 Å². The van der Waals surface area contributed by atoms with Crippen molar-refractivity contribution in [1.82, 2.24) is 77.6 Å². The van der Waals surface area contributed by atoms with Crippen molar-refractivity contribution in [2.45, 2.75) is 132 Å². The summed E-state index contributed by atoms with van der Waals surface area (Å²) in [5.41, 5.74) is 15.5. The Bertz CT molecular complexity index is 2670. The van der Waals surface area contributed by atoms with Crippen molar-refractivity contribution in [3.63, 3.8) is 0 Å². The average molecular weight is 1150 g/mol. The zero-order valence-corrected chi connectivity index (χ0v) is 53.1. The standard InChI is InChI=1S/C7H12N2.C6H9ClN2.2C6H9FN2.2C6H10N2.C6H9NS.C4H3Cl2NS.C4H6N2S/c1-5-6(2)8-9(4)7(5)3;3*1-4-5(2)8-9(3)6(4)7;2*1-5-4-8(3)7-6(5)2;1-4-5(2)8-6(3)7-4;1-2-3(5)4(6)7-8-2;1-3-4(2)7-6-5-3/h1-4H3;3*1-3H3;2*4H,1-3H3;1-3H3;1H3;1-2H3. The summed E-state index contributed by atoms with van der Waals surface area (Å²) in [6.07, 6.45) is 4.02. The van der Waals surface area contributed by atoms with Crippen LogP contribution in [0, 0.1) is 143 Å². The summed E-state index contributed by atoms with van der Waals surface area (Å²) in [7, 11) is 10.8. The third-order valence-electron chi connectivity index (χ3n) is 11.5. The molecular weight excluding hydrogens is 1080 g/mol. The SMILES string of the molecule is Cc1cn(C)nc1C.Cc1cn(C)nc1C.Cc1nc(C)c(C)s1.Cc1nn(C)c(C)c1C.Cc1nn(C)c(Cl)c1C.Cc1nn(C)c(F)c1C.Cc1nn(C)c(F)c1C.Cc1nnsc1C.Cc1snc(Cl)c1Cl. The zero-order chi connectivity index (χ0) is 57.9. The minimum absolute atomic E-state index is 0.243. The van der Waals surface area contributed by atoms with Gasteiger partial charge in [0.2, 0.25) is 11.9 Å². The van der Waals surface area contributed by atoms with Crippen LogP contribution >= 0.6 is 69.2 Å². The van der Waals surface area contributed by atoms with Gasteiger partial charge in [-0.1, -0.05) is 39.3 Å². The number of hydrogen-bond donors (Lipinski definition) is 0. The number of thiazole rings is 1. The predicted octanol–water partition coefficient (Wildman–Crippen LogP) is 13.4. The molecule has 24 heteroatoms. The highest BCUT2D eigenvalue weighted by atomic mass is 35.5. The molecule has 0 unspecified atom stereocenters. The van der Waals surface area contributed by atoms with Crippen LogP contribution in [0.5, 0.6) is 0 Å². The minimum Gasteiger partial charge on any atom is -0.275 e. The predicted molar refractivity (Wildman–Crippen MR) is 308 cm³/mol. The molecule has 0 atom stereocenters. The monoisotopic (exact) mass is 1150 g/mol. The molecule has 0 aromatic carbocycles. The van der Waals surface area contributed by atoms with E-state index in [0.717, 1.165) is 55.5 Å². The van der Waals surface area contributed by atoms with Gasteiger partial charge in [-0.25, -0.2) is 14.3 Å². The third-order valence-corrected chi connectivity index (χ3v) is 15.5. The first-order valence-electron chi connectivity index (χ1n) is 23.4. The maximum atomic E-state index is 12.7. The number of hydrogen-bond acceptors (Lipinski definition) is 13. The van der Waals surface area contributed by atoms with E-state index in [-0.39, 0.29) is 11.9 Å². The molecule has 0 aliphatic heterocycles. The molecule has 9 rings (SSSR count). The van der Waals surface area contributed by atoms with Gasteiger partial charge in [0, 0.05) is 91.7 Å². The Kier molecular flexibility index (Phi) is 28.7. The molecule has 0 spiro atoms. The van der Waals surface area contributed by atoms with Crippen LogP contribution in [0.15, 0.2) is 12.4 Å². The summed E-state index contributed by atoms with van der Waals surface area (Å²) in [6.45, 7) is 37.3. The Hall–Kier alpha value is -5.19. The first-order valence-corrected chi connectivity index (χ1v) is 26.9. The molecule has 9 aromatic rings. The van der Waals surface area contributed by atoms with E-state index in [9.17, 15) is 8.78 Å². The van der Waals surface area contributed by atoms with Crippen molar-refractivity contribution in [3.8, 4) is 0 Å². The number of nitrogens with zero attached hydrogens (tertiary/aromatic N) is 16. The lowest BCUT2D eigenvalue weighted by atomic mass is 10.2. The molecule has 414 valence electrons. The van der Waals surface area contributed by atoms with Crippen LogP contribution in [-0.4, -0.2) is 77.6 Å². The molecule has 0 amide bonds. The van der Waals surface area contributed by atoms with E-state index < -0.39 is 0 Å². The summed E-state index contributed by atoms with van der Waals surface area (Å²) < 4.78 is 42.5. The smallest absolute Gasteiger partial charge is 0.214 e. The molecule has 0 saturated heterocycles. The molecule has 0 bridgehead atoms. The van der Waals surface area contributed by atoms with Gasteiger partial charge in [-0.15, -0.1) is 16.4 Å². The maximum Gasteiger partial charge on any atom is 0.214 e. The van der Waals surface area contributed by atoms with Crippen LogP contribution in [-0.2, 0) is 42.3 Å². The zero-order valence-electron chi connectivity index (χ0n) is 48.4. The molecule has 0 aliphatic carbocycles. The molecule has 0 fully saturated rings. The molecular formula is C51H77Cl3F2N16S3. The molecule has 9 aromatic heterocycles. The first-order chi connectivity index (χ1) is 34.6. The van der Waals surface area contributed by atoms with Gasteiger partial charge in [0.15, 0.2) is 5.15 Å². The van der Waals surface area contributed by atoms with Gasteiger partial charge in [0.25, 0.3) is 0 Å². The van der Waals surface area contributed by atoms with E-state index in [1.807, 2.05) is 124 Å². The highest BCUT2D eigenvalue weighted by Crippen LogP contribution is 2.27. The average Bonchev–Trinajstić information content (AvgIpc) is 4.23. The Balaban J connectivity index is 0.000000422. The van der Waals surface area contributed by atoms with Crippen molar-refractivity contribution in [2.75, 3.05) is 0 Å². The highest BCUT2D eigenvalue weighted by Gasteiger charge is 2.08. The third kappa shape index (κ3) is 22.1. The Labute approximate surface area is 470 Å². The number of halogens is 5. The minimum atomic E-state index is -0.243. The molecule has 9 heterocycles. The molecule has 0 aliphatic rings. The second kappa shape index (κ2) is 31.8. The van der Waals surface area contributed by atoms with Gasteiger partial charge in [-0.05, 0) is 171 Å². The molecule has 0 saturated carbocycles. The van der Waals surface area contributed by atoms with Crippen LogP contribution in [0.1, 0.15) is 104 Å². The van der Waals surface area contributed by atoms with Gasteiger partial charge >= 0.3 is 0 Å². The van der Waals surface area contributed by atoms with Crippen molar-refractivity contribution in [1.29, 1.82) is 0 Å². The second-order valence-electron chi connectivity index (χ2n) is 17.6. The lowest BCUT2D eigenvalue weighted by Gasteiger charge is -1.90. The normalized spacial score (nSPS) is 10.0. The van der Waals surface area contributed by atoms with E-state index in [0.29, 0.717) is 21.3 Å². The highest BCUT2D eigenvalue weighted by molar-refractivity contribution is 7.11. The lowest BCUT2D eigenvalue weighted by molar-refractivity contribution is 0.498. The van der Waals surface area contributed by atoms with E-state index in [2.05, 4.69) is 84.2 Å². The second-order valence-corrected chi connectivity index (χ2v) is 22.0. The van der Waals surface area contributed by atoms with Crippen LogP contribution < -0.4 is 0 Å². The summed E-state index contributed by atoms with van der Waals surface area (Å²) in [4.78, 5) is 7.74. The van der Waals surface area contributed by atoms with Crippen LogP contribution in [0.3, 0.4) is 0 Å². The van der Waals surface area contributed by atoms with Gasteiger partial charge in [-0.2, -0.15) is 43.7 Å². The fourth-order valence-electron chi connectivity index (χ4n) is 5.77. The number of aromatic nitrogens is 16. The van der Waals surface area contributed by atoms with Gasteiger partial charge in [-0.3, -0.25) is 18.7 Å². The molecule has 0 radical (unpaired) electrons. The lowest BCUT2D eigenvalue weighted by Crippen LogP contribution is -1.93. The molecule has 0 N–H and O–H groups in total. The van der Waals surface area contributed by atoms with E-state index in [1.165, 1.54) is 75.3 Å². The molecule has 16 nitrogen and oxygen atoms in total. The van der Waals surface area contributed by atoms with Crippen molar-refractivity contribution in [3.05, 3.63) is 144 Å². The summed E-state index contributed by atoms with van der Waals surface area (Å²) in [6, 6.07) is 0. The fraction of sp³-hybridized carbons (Fsp3) is 0.490. The number of rotatable bonds is 0. The Morgan fingerprint density at radius 1 is 0.427 bits per heavy atom. The van der Waals surface area contributed by atoms with Gasteiger partial charge < -0.3 is 0 Å². The number of aryl methyl sites for hydroxylation is 20. The van der Waals surface area contributed by atoms with Crippen LogP contribution in [0.25, 0.3) is 0 Å². The van der Waals surface area contributed by atoms with Gasteiger partial charge in [0.05, 0.1) is 55.6 Å². The van der Waals surface area contributed by atoms with Gasteiger partial charge in [0.1, 0.15) is 5.15 Å². The summed E-state index contributed by atoms with van der Waals surface area (Å²) in [5.74, 6) is -0.486. The van der Waals surface area contributed by atoms with E-state index in [4.69, 9.17) is 34.8 Å². The van der Waals surface area contributed by atoms with Crippen molar-refractivity contribution >= 4 is 69.2 Å². The first kappa shape index (κ1) is 67.8. The summed E-state index contributed by atoms with van der Waals surface area (Å²) >= 11 is 21.4. The quantitative estimate of drug-likeness (QED) is 0.143.